The van der Waals surface area contributed by atoms with E-state index in [1.165, 1.54) is 0 Å². The lowest BCUT2D eigenvalue weighted by Crippen LogP contribution is -2.24. The molecule has 3 nitrogen and oxygen atoms in total. The predicted octanol–water partition coefficient (Wildman–Crippen LogP) is 2.13. The zero-order valence-electron chi connectivity index (χ0n) is 8.69. The van der Waals surface area contributed by atoms with Gasteiger partial charge >= 0.3 is 0 Å². The number of para-hydroxylation sites is 1. The first-order valence-electron chi connectivity index (χ1n) is 5.16. The number of anilines is 1. The fraction of sp³-hybridized carbons (Fsp3) is 0.250. The first kappa shape index (κ1) is 11.6. The van der Waals surface area contributed by atoms with Gasteiger partial charge in [0.1, 0.15) is 0 Å². The van der Waals surface area contributed by atoms with Crippen molar-refractivity contribution in [2.75, 3.05) is 5.32 Å². The van der Waals surface area contributed by atoms with Gasteiger partial charge in [0.25, 0.3) is 0 Å². The highest BCUT2D eigenvalue weighted by Gasteiger charge is 2.22. The van der Waals surface area contributed by atoms with Crippen LogP contribution in [0.3, 0.4) is 0 Å². The third-order valence-electron chi connectivity index (χ3n) is 2.59. The van der Waals surface area contributed by atoms with Crippen molar-refractivity contribution in [2.24, 2.45) is 11.7 Å². The van der Waals surface area contributed by atoms with Crippen molar-refractivity contribution in [2.45, 2.75) is 12.5 Å². The van der Waals surface area contributed by atoms with Crippen LogP contribution in [0.2, 0.25) is 0 Å². The predicted molar refractivity (Wildman–Crippen MR) is 73.0 cm³/mol. The summed E-state index contributed by atoms with van der Waals surface area (Å²) in [7, 11) is 0. The second-order valence-corrected chi connectivity index (χ2v) is 5.02. The molecule has 0 saturated heterocycles. The van der Waals surface area contributed by atoms with Crippen molar-refractivity contribution in [1.82, 2.24) is 0 Å². The third-order valence-corrected chi connectivity index (χ3v) is 3.53. The Labute approximate surface area is 108 Å². The molecule has 0 heterocycles. The smallest absolute Gasteiger partial charge is 0.231 e. The van der Waals surface area contributed by atoms with Crippen molar-refractivity contribution in [3.63, 3.8) is 0 Å². The lowest BCUT2D eigenvalue weighted by Gasteiger charge is -2.11. The molecule has 1 aromatic carbocycles. The van der Waals surface area contributed by atoms with E-state index in [0.717, 1.165) is 9.26 Å². The van der Waals surface area contributed by atoms with Crippen LogP contribution in [0.5, 0.6) is 0 Å². The molecule has 0 spiro atoms. The molecule has 0 aromatic heterocycles. The molecule has 84 valence electrons. The molecule has 0 saturated carbocycles. The summed E-state index contributed by atoms with van der Waals surface area (Å²) in [5, 5.41) is 2.92. The number of amides is 1. The second-order valence-electron chi connectivity index (χ2n) is 3.86. The molecule has 1 aromatic rings. The monoisotopic (exact) mass is 328 g/mol. The third kappa shape index (κ3) is 2.62. The van der Waals surface area contributed by atoms with E-state index in [0.29, 0.717) is 6.42 Å². The van der Waals surface area contributed by atoms with E-state index >= 15 is 0 Å². The minimum Gasteiger partial charge on any atom is -0.325 e. The molecule has 0 fully saturated rings. The average molecular weight is 328 g/mol. The molecule has 1 aliphatic rings. The number of carbonyl (C=O) groups excluding carboxylic acids is 1. The molecule has 0 aliphatic heterocycles. The molecule has 2 atom stereocenters. The van der Waals surface area contributed by atoms with Crippen LogP contribution in [-0.2, 0) is 4.79 Å². The highest BCUT2D eigenvalue weighted by atomic mass is 127. The van der Waals surface area contributed by atoms with Crippen molar-refractivity contribution in [1.29, 1.82) is 0 Å². The van der Waals surface area contributed by atoms with Gasteiger partial charge in [-0.25, -0.2) is 0 Å². The van der Waals surface area contributed by atoms with Gasteiger partial charge in [-0.3, -0.25) is 4.79 Å². The van der Waals surface area contributed by atoms with Crippen molar-refractivity contribution < 1.29 is 4.79 Å². The summed E-state index contributed by atoms with van der Waals surface area (Å²) in [5.74, 6) is -0.0701. The van der Waals surface area contributed by atoms with Gasteiger partial charge in [0.05, 0.1) is 11.6 Å². The molecule has 1 aliphatic carbocycles. The highest BCUT2D eigenvalue weighted by molar-refractivity contribution is 14.1. The Morgan fingerprint density at radius 2 is 2.12 bits per heavy atom. The van der Waals surface area contributed by atoms with Crippen LogP contribution in [0.15, 0.2) is 36.4 Å². The number of hydrogen-bond acceptors (Lipinski definition) is 2. The molecule has 0 radical (unpaired) electrons. The lowest BCUT2D eigenvalue weighted by atomic mass is 10.1. The number of nitrogens with two attached hydrogens (primary N) is 1. The van der Waals surface area contributed by atoms with Gasteiger partial charge in [0, 0.05) is 9.61 Å². The molecular weight excluding hydrogens is 315 g/mol. The van der Waals surface area contributed by atoms with Crippen molar-refractivity contribution in [3.8, 4) is 0 Å². The summed E-state index contributed by atoms with van der Waals surface area (Å²) < 4.78 is 1.04. The number of carbonyl (C=O) groups is 1. The Kier molecular flexibility index (Phi) is 3.60. The summed E-state index contributed by atoms with van der Waals surface area (Å²) in [6, 6.07) is 7.74. The van der Waals surface area contributed by atoms with Crippen LogP contribution >= 0.6 is 22.6 Å². The van der Waals surface area contributed by atoms with Gasteiger partial charge in [0.2, 0.25) is 5.91 Å². The van der Waals surface area contributed by atoms with Crippen molar-refractivity contribution in [3.05, 3.63) is 40.0 Å². The van der Waals surface area contributed by atoms with E-state index in [1.54, 1.807) is 0 Å². The van der Waals surface area contributed by atoms with Crippen LogP contribution in [0, 0.1) is 9.49 Å². The van der Waals surface area contributed by atoms with Crippen LogP contribution in [-0.4, -0.2) is 11.9 Å². The van der Waals surface area contributed by atoms with Gasteiger partial charge in [0.15, 0.2) is 0 Å². The molecule has 16 heavy (non-hydrogen) atoms. The molecule has 4 heteroatoms. The SMILES string of the molecule is NC1C=CC(C(=O)Nc2ccccc2I)C1. The maximum Gasteiger partial charge on any atom is 0.231 e. The molecule has 1 amide bonds. The van der Waals surface area contributed by atoms with E-state index in [1.807, 2.05) is 36.4 Å². The topological polar surface area (TPSA) is 55.1 Å². The summed E-state index contributed by atoms with van der Waals surface area (Å²) in [5.41, 5.74) is 6.58. The maximum absolute atomic E-state index is 11.9. The number of nitrogens with one attached hydrogen (secondary N) is 1. The summed E-state index contributed by atoms with van der Waals surface area (Å²) in [6.45, 7) is 0. The van der Waals surface area contributed by atoms with Gasteiger partial charge in [-0.05, 0) is 41.1 Å². The quantitative estimate of drug-likeness (QED) is 0.646. The zero-order chi connectivity index (χ0) is 11.5. The summed E-state index contributed by atoms with van der Waals surface area (Å²) in [4.78, 5) is 11.9. The van der Waals surface area contributed by atoms with E-state index < -0.39 is 0 Å². The lowest BCUT2D eigenvalue weighted by molar-refractivity contribution is -0.118. The second kappa shape index (κ2) is 4.97. The molecule has 2 rings (SSSR count). The van der Waals surface area contributed by atoms with E-state index in [9.17, 15) is 4.79 Å². The Morgan fingerprint density at radius 3 is 2.75 bits per heavy atom. The Hall–Kier alpha value is -0.880. The first-order chi connectivity index (χ1) is 7.66. The van der Waals surface area contributed by atoms with Crippen molar-refractivity contribution >= 4 is 34.2 Å². The normalized spacial score (nSPS) is 23.4. The zero-order valence-corrected chi connectivity index (χ0v) is 10.8. The fourth-order valence-electron chi connectivity index (χ4n) is 1.71. The fourth-order valence-corrected chi connectivity index (χ4v) is 2.23. The summed E-state index contributed by atoms with van der Waals surface area (Å²) >= 11 is 2.20. The first-order valence-corrected chi connectivity index (χ1v) is 6.24. The molecular formula is C12H13IN2O. The standard InChI is InChI=1S/C12H13IN2O/c13-10-3-1-2-4-11(10)15-12(16)8-5-6-9(14)7-8/h1-6,8-9H,7,14H2,(H,15,16). The number of benzene rings is 1. The molecule has 3 N–H and O–H groups in total. The number of rotatable bonds is 2. The number of halogens is 1. The van der Waals surface area contributed by atoms with Gasteiger partial charge in [-0.15, -0.1) is 0 Å². The highest BCUT2D eigenvalue weighted by Crippen LogP contribution is 2.21. The maximum atomic E-state index is 11.9. The van der Waals surface area contributed by atoms with E-state index in [2.05, 4.69) is 27.9 Å². The Balaban J connectivity index is 2.03. The number of hydrogen-bond donors (Lipinski definition) is 2. The van der Waals surface area contributed by atoms with E-state index in [-0.39, 0.29) is 17.9 Å². The van der Waals surface area contributed by atoms with Crippen LogP contribution in [0.25, 0.3) is 0 Å². The average Bonchev–Trinajstić information content (AvgIpc) is 2.68. The van der Waals surface area contributed by atoms with Crippen LogP contribution < -0.4 is 11.1 Å². The van der Waals surface area contributed by atoms with E-state index in [4.69, 9.17) is 5.73 Å². The minimum atomic E-state index is -0.0917. The van der Waals surface area contributed by atoms with Gasteiger partial charge < -0.3 is 11.1 Å². The van der Waals surface area contributed by atoms with Crippen LogP contribution in [0.4, 0.5) is 5.69 Å². The van der Waals surface area contributed by atoms with Crippen LogP contribution in [0.1, 0.15) is 6.42 Å². The molecule has 0 bridgehead atoms. The molecule has 2 unspecified atom stereocenters. The minimum absolute atomic E-state index is 0.0191. The Bertz CT molecular complexity index is 431. The summed E-state index contributed by atoms with van der Waals surface area (Å²) in [6.07, 6.45) is 4.48. The van der Waals surface area contributed by atoms with Gasteiger partial charge in [-0.1, -0.05) is 24.3 Å². The van der Waals surface area contributed by atoms with Gasteiger partial charge in [-0.2, -0.15) is 0 Å². The Morgan fingerprint density at radius 1 is 1.38 bits per heavy atom. The largest absolute Gasteiger partial charge is 0.325 e.